The molecule has 0 aromatic carbocycles. The van der Waals surface area contributed by atoms with Gasteiger partial charge in [-0.05, 0) is 32.1 Å². The number of hydrogen-bond donors (Lipinski definition) is 3. The number of carbonyl (C=O) groups excluding carboxylic acids is 1. The van der Waals surface area contributed by atoms with E-state index in [9.17, 15) is 22.9 Å². The summed E-state index contributed by atoms with van der Waals surface area (Å²) in [5.74, 6) is -0.992. The predicted molar refractivity (Wildman–Crippen MR) is 207 cm³/mol. The van der Waals surface area contributed by atoms with Crippen molar-refractivity contribution in [3.05, 3.63) is 24.3 Å². The maximum atomic E-state index is 12.5. The second-order valence-corrected chi connectivity index (χ2v) is 15.8. The van der Waals surface area contributed by atoms with Crippen LogP contribution in [0.5, 0.6) is 0 Å². The molecule has 0 aromatic rings. The standard InChI is InChI=1S/C41H79NO5S/c1-3-5-7-9-11-13-15-17-19-20-21-23-25-27-29-31-33-35-37-41(44)42-39(38-48(45,46)47)40(43)36-34-32-30-28-26-24-22-18-16-14-12-10-8-6-4-2/h26,28,34,36,39-40,43H,3-25,27,29-33,35,37-38H2,1-2H3,(H,42,44)(H,45,46,47)/b28-26+,36-34+. The van der Waals surface area contributed by atoms with E-state index in [4.69, 9.17) is 0 Å². The molecule has 0 saturated carbocycles. The van der Waals surface area contributed by atoms with Crippen LogP contribution in [0, 0.1) is 0 Å². The van der Waals surface area contributed by atoms with E-state index in [1.807, 2.05) is 6.08 Å². The Hall–Kier alpha value is -1.18. The molecule has 284 valence electrons. The largest absolute Gasteiger partial charge is 0.387 e. The summed E-state index contributed by atoms with van der Waals surface area (Å²) in [6.45, 7) is 4.52. The molecule has 48 heavy (non-hydrogen) atoms. The van der Waals surface area contributed by atoms with Gasteiger partial charge in [-0.1, -0.05) is 199 Å². The van der Waals surface area contributed by atoms with Gasteiger partial charge in [-0.25, -0.2) is 0 Å². The molecule has 6 nitrogen and oxygen atoms in total. The lowest BCUT2D eigenvalue weighted by Crippen LogP contribution is -2.46. The van der Waals surface area contributed by atoms with Gasteiger partial charge in [0.1, 0.15) is 0 Å². The quantitative estimate of drug-likeness (QED) is 0.0340. The third kappa shape index (κ3) is 36.1. The zero-order valence-corrected chi connectivity index (χ0v) is 32.4. The molecule has 0 aliphatic heterocycles. The van der Waals surface area contributed by atoms with E-state index in [0.717, 1.165) is 38.5 Å². The van der Waals surface area contributed by atoms with E-state index in [1.54, 1.807) is 0 Å². The molecule has 2 atom stereocenters. The first-order valence-corrected chi connectivity index (χ1v) is 22.1. The molecule has 0 rings (SSSR count). The highest BCUT2D eigenvalue weighted by Crippen LogP contribution is 2.15. The number of amides is 1. The maximum Gasteiger partial charge on any atom is 0.267 e. The van der Waals surface area contributed by atoms with Gasteiger partial charge in [0.2, 0.25) is 5.91 Å². The highest BCUT2D eigenvalue weighted by molar-refractivity contribution is 7.85. The summed E-state index contributed by atoms with van der Waals surface area (Å²) < 4.78 is 32.4. The molecule has 0 aliphatic rings. The summed E-state index contributed by atoms with van der Waals surface area (Å²) in [5.41, 5.74) is 0. The van der Waals surface area contributed by atoms with Crippen molar-refractivity contribution in [1.82, 2.24) is 5.32 Å². The smallest absolute Gasteiger partial charge is 0.267 e. The molecule has 0 bridgehead atoms. The molecule has 0 aromatic heterocycles. The second kappa shape index (κ2) is 35.6. The first-order valence-electron chi connectivity index (χ1n) is 20.5. The molecule has 0 heterocycles. The van der Waals surface area contributed by atoms with E-state index >= 15 is 0 Å². The normalized spacial score (nSPS) is 13.5. The van der Waals surface area contributed by atoms with Crippen molar-refractivity contribution in [3.63, 3.8) is 0 Å². The van der Waals surface area contributed by atoms with E-state index in [0.29, 0.717) is 6.42 Å². The van der Waals surface area contributed by atoms with Crippen LogP contribution >= 0.6 is 0 Å². The van der Waals surface area contributed by atoms with Crippen LogP contribution in [-0.4, -0.2) is 41.9 Å². The Morgan fingerprint density at radius 2 is 0.896 bits per heavy atom. The van der Waals surface area contributed by atoms with Crippen molar-refractivity contribution < 1.29 is 22.9 Å². The molecule has 1 amide bonds. The van der Waals surface area contributed by atoms with Crippen LogP contribution in [0.1, 0.15) is 213 Å². The Kier molecular flexibility index (Phi) is 34.8. The van der Waals surface area contributed by atoms with Gasteiger partial charge in [-0.3, -0.25) is 9.35 Å². The molecule has 0 fully saturated rings. The molecule has 2 unspecified atom stereocenters. The highest BCUT2D eigenvalue weighted by Gasteiger charge is 2.24. The minimum absolute atomic E-state index is 0.285. The minimum atomic E-state index is -4.35. The molecule has 0 spiro atoms. The third-order valence-corrected chi connectivity index (χ3v) is 10.2. The van der Waals surface area contributed by atoms with Crippen LogP contribution in [0.15, 0.2) is 24.3 Å². The van der Waals surface area contributed by atoms with Crippen molar-refractivity contribution in [1.29, 1.82) is 0 Å². The average molecular weight is 698 g/mol. The number of allylic oxidation sites excluding steroid dienone is 3. The molecular formula is C41H79NO5S. The minimum Gasteiger partial charge on any atom is -0.387 e. The number of unbranched alkanes of at least 4 members (excludes halogenated alkanes) is 27. The van der Waals surface area contributed by atoms with Gasteiger partial charge in [0.05, 0.1) is 17.9 Å². The van der Waals surface area contributed by atoms with Crippen LogP contribution in [-0.2, 0) is 14.9 Å². The van der Waals surface area contributed by atoms with Crippen molar-refractivity contribution in [3.8, 4) is 0 Å². The number of rotatable bonds is 37. The van der Waals surface area contributed by atoms with Gasteiger partial charge in [0, 0.05) is 6.42 Å². The summed E-state index contributed by atoms with van der Waals surface area (Å²) in [6.07, 6.45) is 44.5. The van der Waals surface area contributed by atoms with Gasteiger partial charge in [-0.15, -0.1) is 0 Å². The molecule has 0 saturated heterocycles. The van der Waals surface area contributed by atoms with Crippen molar-refractivity contribution in [2.45, 2.75) is 225 Å². The lowest BCUT2D eigenvalue weighted by Gasteiger charge is -2.21. The van der Waals surface area contributed by atoms with Crippen LogP contribution in [0.25, 0.3) is 0 Å². The van der Waals surface area contributed by atoms with Crippen LogP contribution in [0.4, 0.5) is 0 Å². The fourth-order valence-corrected chi connectivity index (χ4v) is 7.02. The summed E-state index contributed by atoms with van der Waals surface area (Å²) >= 11 is 0. The summed E-state index contributed by atoms with van der Waals surface area (Å²) in [4.78, 5) is 12.5. The lowest BCUT2D eigenvalue weighted by molar-refractivity contribution is -0.122. The highest BCUT2D eigenvalue weighted by atomic mass is 32.2. The van der Waals surface area contributed by atoms with Gasteiger partial charge >= 0.3 is 0 Å². The van der Waals surface area contributed by atoms with E-state index < -0.39 is 28.0 Å². The third-order valence-electron chi connectivity index (χ3n) is 9.38. The molecular weight excluding hydrogens is 619 g/mol. The summed E-state index contributed by atoms with van der Waals surface area (Å²) in [5, 5.41) is 13.2. The van der Waals surface area contributed by atoms with Gasteiger partial charge in [0.25, 0.3) is 10.1 Å². The number of carbonyl (C=O) groups is 1. The zero-order valence-electron chi connectivity index (χ0n) is 31.6. The Morgan fingerprint density at radius 1 is 0.542 bits per heavy atom. The van der Waals surface area contributed by atoms with Crippen molar-refractivity contribution in [2.75, 3.05) is 5.75 Å². The van der Waals surface area contributed by atoms with Crippen LogP contribution in [0.3, 0.4) is 0 Å². The number of aliphatic hydroxyl groups is 1. The monoisotopic (exact) mass is 698 g/mol. The second-order valence-electron chi connectivity index (χ2n) is 14.3. The van der Waals surface area contributed by atoms with E-state index in [1.165, 1.54) is 160 Å². The molecule has 0 radical (unpaired) electrons. The van der Waals surface area contributed by atoms with Gasteiger partial charge in [0.15, 0.2) is 0 Å². The molecule has 3 N–H and O–H groups in total. The summed E-state index contributed by atoms with van der Waals surface area (Å²) in [6, 6.07) is -1.07. The zero-order chi connectivity index (χ0) is 35.4. The first-order chi connectivity index (χ1) is 23.3. The van der Waals surface area contributed by atoms with Crippen LogP contribution in [0.2, 0.25) is 0 Å². The fourth-order valence-electron chi connectivity index (χ4n) is 6.29. The Morgan fingerprint density at radius 3 is 1.31 bits per heavy atom. The Balaban J connectivity index is 3.92. The van der Waals surface area contributed by atoms with Crippen molar-refractivity contribution in [2.24, 2.45) is 0 Å². The predicted octanol–water partition coefficient (Wildman–Crippen LogP) is 12.0. The number of hydrogen-bond acceptors (Lipinski definition) is 4. The number of nitrogens with one attached hydrogen (secondary N) is 1. The van der Waals surface area contributed by atoms with E-state index in [2.05, 4.69) is 31.3 Å². The van der Waals surface area contributed by atoms with Gasteiger partial charge < -0.3 is 10.4 Å². The average Bonchev–Trinajstić information content (AvgIpc) is 3.05. The van der Waals surface area contributed by atoms with Crippen LogP contribution < -0.4 is 5.32 Å². The first kappa shape index (κ1) is 46.8. The Bertz CT molecular complexity index is 857. The fraction of sp³-hybridized carbons (Fsp3) is 0.878. The molecule has 0 aliphatic carbocycles. The van der Waals surface area contributed by atoms with Crippen molar-refractivity contribution >= 4 is 16.0 Å². The number of aliphatic hydroxyl groups excluding tert-OH is 1. The molecule has 7 heteroatoms. The lowest BCUT2D eigenvalue weighted by atomic mass is 10.0. The van der Waals surface area contributed by atoms with Gasteiger partial charge in [-0.2, -0.15) is 8.42 Å². The Labute approximate surface area is 298 Å². The maximum absolute atomic E-state index is 12.5. The summed E-state index contributed by atoms with van der Waals surface area (Å²) in [7, 11) is -4.35. The topological polar surface area (TPSA) is 104 Å². The SMILES string of the molecule is CCCCCCCCCCC/C=C/CC/C=C/C(O)C(CS(=O)(=O)O)NC(=O)CCCCCCCCCCCCCCCCCCCC. The van der Waals surface area contributed by atoms with E-state index in [-0.39, 0.29) is 5.91 Å².